The minimum absolute atomic E-state index is 0.569. The number of rotatable bonds is 5. The topological polar surface area (TPSA) is 43.6 Å². The van der Waals surface area contributed by atoms with E-state index in [1.807, 2.05) is 34.9 Å². The van der Waals surface area contributed by atoms with Crippen LogP contribution in [0.5, 0.6) is 0 Å². The molecule has 0 aliphatic heterocycles. The number of thioether (sulfide) groups is 1. The summed E-state index contributed by atoms with van der Waals surface area (Å²) in [6.07, 6.45) is 3.47. The number of aromatic nitrogens is 4. The minimum atomic E-state index is 0.569. The molecule has 0 aliphatic rings. The summed E-state index contributed by atoms with van der Waals surface area (Å²) in [4.78, 5) is 4.20. The van der Waals surface area contributed by atoms with Crippen molar-refractivity contribution in [2.24, 2.45) is 0 Å². The molecule has 2 aromatic heterocycles. The van der Waals surface area contributed by atoms with Crippen LogP contribution in [0.4, 0.5) is 0 Å². The lowest BCUT2D eigenvalue weighted by molar-refractivity contribution is 0.886. The van der Waals surface area contributed by atoms with Crippen LogP contribution in [0.15, 0.2) is 76.6 Å². The van der Waals surface area contributed by atoms with Crippen molar-refractivity contribution in [1.82, 2.24) is 19.7 Å². The molecule has 0 atom stereocenters. The molecule has 0 radical (unpaired) electrons. The normalized spacial score (nSPS) is 11.0. The highest BCUT2D eigenvalue weighted by Gasteiger charge is 2.18. The Hall–Kier alpha value is -1.86. The van der Waals surface area contributed by atoms with Crippen LogP contribution in [0.1, 0.15) is 5.56 Å². The fourth-order valence-corrected chi connectivity index (χ4v) is 4.18. The summed E-state index contributed by atoms with van der Waals surface area (Å²) in [7, 11) is 0. The zero-order chi connectivity index (χ0) is 19.5. The van der Waals surface area contributed by atoms with Crippen molar-refractivity contribution in [2.75, 3.05) is 0 Å². The van der Waals surface area contributed by atoms with Crippen molar-refractivity contribution >= 4 is 50.9 Å². The van der Waals surface area contributed by atoms with Crippen LogP contribution in [0.25, 0.3) is 17.1 Å². The number of hydrogen-bond donors (Lipinski definition) is 0. The summed E-state index contributed by atoms with van der Waals surface area (Å²) in [6.45, 7) is 0. The van der Waals surface area contributed by atoms with Gasteiger partial charge in [0.15, 0.2) is 11.0 Å². The third-order valence-corrected chi connectivity index (χ3v) is 6.07. The highest BCUT2D eigenvalue weighted by Crippen LogP contribution is 2.33. The first-order valence-corrected chi connectivity index (χ1v) is 10.8. The second-order valence-corrected chi connectivity index (χ2v) is 8.60. The van der Waals surface area contributed by atoms with E-state index in [1.54, 1.807) is 36.3 Å². The maximum absolute atomic E-state index is 6.49. The fraction of sp³-hybridized carbons (Fsp3) is 0.0500. The Morgan fingerprint density at radius 3 is 2.57 bits per heavy atom. The molecule has 0 fully saturated rings. The third-order valence-electron chi connectivity index (χ3n) is 3.98. The standard InChI is InChI=1S/C20H13BrCl2N4S/c21-15-5-3-13(4-6-15)12-28-20-26-25-19(14-2-1-9-24-11-14)27(20)18-10-16(22)7-8-17(18)23/h1-11H,12H2. The average molecular weight is 492 g/mol. The van der Waals surface area contributed by atoms with Gasteiger partial charge in [-0.25, -0.2) is 0 Å². The molecule has 0 saturated carbocycles. The minimum Gasteiger partial charge on any atom is -0.268 e. The Labute approximate surface area is 185 Å². The van der Waals surface area contributed by atoms with E-state index in [4.69, 9.17) is 23.2 Å². The van der Waals surface area contributed by atoms with Crippen LogP contribution in [-0.2, 0) is 5.75 Å². The first-order chi connectivity index (χ1) is 13.6. The zero-order valence-electron chi connectivity index (χ0n) is 14.4. The van der Waals surface area contributed by atoms with Gasteiger partial charge in [0.25, 0.3) is 0 Å². The van der Waals surface area contributed by atoms with Gasteiger partial charge in [0.2, 0.25) is 0 Å². The molecule has 0 amide bonds. The van der Waals surface area contributed by atoms with Crippen LogP contribution in [-0.4, -0.2) is 19.7 Å². The van der Waals surface area contributed by atoms with Crippen LogP contribution in [0.2, 0.25) is 10.0 Å². The van der Waals surface area contributed by atoms with Gasteiger partial charge in [-0.3, -0.25) is 9.55 Å². The van der Waals surface area contributed by atoms with Crippen LogP contribution in [0.3, 0.4) is 0 Å². The molecule has 0 bridgehead atoms. The van der Waals surface area contributed by atoms with Crippen molar-refractivity contribution in [1.29, 1.82) is 0 Å². The van der Waals surface area contributed by atoms with Gasteiger partial charge in [-0.1, -0.05) is 63.0 Å². The number of hydrogen-bond acceptors (Lipinski definition) is 4. The Balaban J connectivity index is 1.77. The van der Waals surface area contributed by atoms with Gasteiger partial charge < -0.3 is 0 Å². The number of nitrogens with zero attached hydrogens (tertiary/aromatic N) is 4. The Morgan fingerprint density at radius 1 is 1.00 bits per heavy atom. The lowest BCUT2D eigenvalue weighted by Crippen LogP contribution is -2.01. The molecule has 2 heterocycles. The summed E-state index contributed by atoms with van der Waals surface area (Å²) in [5.74, 6) is 1.41. The van der Waals surface area contributed by atoms with Crippen molar-refractivity contribution < 1.29 is 0 Å². The molecule has 4 aromatic rings. The predicted molar refractivity (Wildman–Crippen MR) is 118 cm³/mol. The predicted octanol–water partition coefficient (Wildman–Crippen LogP) is 6.69. The molecular weight excluding hydrogens is 479 g/mol. The van der Waals surface area contributed by atoms with Crippen LogP contribution < -0.4 is 0 Å². The van der Waals surface area contributed by atoms with Gasteiger partial charge in [-0.2, -0.15) is 0 Å². The lowest BCUT2D eigenvalue weighted by Gasteiger charge is -2.12. The van der Waals surface area contributed by atoms with E-state index in [0.29, 0.717) is 15.9 Å². The summed E-state index contributed by atoms with van der Waals surface area (Å²) >= 11 is 17.8. The number of pyridine rings is 1. The SMILES string of the molecule is Clc1ccc(Cl)c(-n2c(SCc3ccc(Br)cc3)nnc2-c2cccnc2)c1. The van der Waals surface area contributed by atoms with Crippen molar-refractivity contribution in [3.63, 3.8) is 0 Å². The van der Waals surface area contributed by atoms with Crippen LogP contribution >= 0.6 is 50.9 Å². The fourth-order valence-electron chi connectivity index (χ4n) is 2.65. The molecule has 8 heteroatoms. The summed E-state index contributed by atoms with van der Waals surface area (Å²) < 4.78 is 2.98. The first kappa shape index (κ1) is 19.5. The lowest BCUT2D eigenvalue weighted by atomic mass is 10.2. The second kappa shape index (κ2) is 8.66. The molecular formula is C20H13BrCl2N4S. The molecule has 2 aromatic carbocycles. The van der Waals surface area contributed by atoms with Gasteiger partial charge in [0, 0.05) is 33.2 Å². The average Bonchev–Trinajstić information content (AvgIpc) is 3.14. The Kier molecular flexibility index (Phi) is 6.01. The van der Waals surface area contributed by atoms with Crippen molar-refractivity contribution in [2.45, 2.75) is 10.9 Å². The van der Waals surface area contributed by atoms with E-state index in [-0.39, 0.29) is 0 Å². The molecule has 4 rings (SSSR count). The molecule has 4 nitrogen and oxygen atoms in total. The Bertz CT molecular complexity index is 1100. The maximum atomic E-state index is 6.49. The molecule has 0 N–H and O–H groups in total. The summed E-state index contributed by atoms with van der Waals surface area (Å²) in [6, 6.07) is 17.4. The quantitative estimate of drug-likeness (QED) is 0.291. The van der Waals surface area contributed by atoms with Crippen LogP contribution in [0, 0.1) is 0 Å². The second-order valence-electron chi connectivity index (χ2n) is 5.89. The van der Waals surface area contributed by atoms with Crippen molar-refractivity contribution in [3.05, 3.63) is 87.1 Å². The molecule has 0 spiro atoms. The smallest absolute Gasteiger partial charge is 0.196 e. The first-order valence-electron chi connectivity index (χ1n) is 8.30. The van der Waals surface area contributed by atoms with Gasteiger partial charge >= 0.3 is 0 Å². The summed E-state index contributed by atoms with van der Waals surface area (Å²) in [5.41, 5.74) is 2.76. The maximum Gasteiger partial charge on any atom is 0.196 e. The van der Waals surface area contributed by atoms with Gasteiger partial charge in [0.05, 0.1) is 10.7 Å². The van der Waals surface area contributed by atoms with Gasteiger partial charge in [-0.05, 0) is 48.0 Å². The molecule has 0 saturated heterocycles. The van der Waals surface area contributed by atoms with E-state index in [2.05, 4.69) is 43.2 Å². The molecule has 0 aliphatic carbocycles. The van der Waals surface area contributed by atoms with E-state index < -0.39 is 0 Å². The van der Waals surface area contributed by atoms with E-state index in [1.165, 1.54) is 5.56 Å². The number of halogens is 3. The Morgan fingerprint density at radius 2 is 1.82 bits per heavy atom. The van der Waals surface area contributed by atoms with E-state index in [0.717, 1.165) is 26.6 Å². The molecule has 140 valence electrons. The van der Waals surface area contributed by atoms with Gasteiger partial charge in [0.1, 0.15) is 0 Å². The van der Waals surface area contributed by atoms with Crippen molar-refractivity contribution in [3.8, 4) is 17.1 Å². The highest BCUT2D eigenvalue weighted by molar-refractivity contribution is 9.10. The largest absolute Gasteiger partial charge is 0.268 e. The van der Waals surface area contributed by atoms with Gasteiger partial charge in [-0.15, -0.1) is 10.2 Å². The van der Waals surface area contributed by atoms with E-state index >= 15 is 0 Å². The number of benzene rings is 2. The molecule has 28 heavy (non-hydrogen) atoms. The monoisotopic (exact) mass is 490 g/mol. The third kappa shape index (κ3) is 4.25. The summed E-state index contributed by atoms with van der Waals surface area (Å²) in [5, 5.41) is 10.7. The van der Waals surface area contributed by atoms with E-state index in [9.17, 15) is 0 Å². The molecule has 0 unspecified atom stereocenters. The zero-order valence-corrected chi connectivity index (χ0v) is 18.3. The highest BCUT2D eigenvalue weighted by atomic mass is 79.9.